The molecule has 0 N–H and O–H groups in total. The summed E-state index contributed by atoms with van der Waals surface area (Å²) in [5.41, 5.74) is 27.0. The molecule has 75 heavy (non-hydrogen) atoms. The van der Waals surface area contributed by atoms with Gasteiger partial charge in [-0.15, -0.1) is 11.3 Å². The number of aromatic nitrogens is 1. The van der Waals surface area contributed by atoms with Crippen LogP contribution in [0.3, 0.4) is 0 Å². The number of hydrogen-bond acceptors (Lipinski definition) is 1. The first-order valence-corrected chi connectivity index (χ1v) is 27.1. The van der Waals surface area contributed by atoms with Crippen molar-refractivity contribution in [3.63, 3.8) is 0 Å². The number of nitrogens with zero attached hydrogens (tertiary/aromatic N) is 1. The zero-order chi connectivity index (χ0) is 50.6. The third-order valence-electron chi connectivity index (χ3n) is 16.6. The van der Waals surface area contributed by atoms with Gasteiger partial charge in [0.1, 0.15) is 0 Å². The van der Waals surface area contributed by atoms with E-state index >= 15 is 0 Å². The van der Waals surface area contributed by atoms with Gasteiger partial charge in [-0.05, 0) is 141 Å². The Labute approximate surface area is 443 Å². The summed E-state index contributed by atoms with van der Waals surface area (Å²) in [5.74, 6) is 0. The molecule has 0 bridgehead atoms. The Morgan fingerprint density at radius 2 is 0.867 bits per heavy atom. The summed E-state index contributed by atoms with van der Waals surface area (Å²) in [4.78, 5) is 0. The minimum atomic E-state index is -0.263. The topological polar surface area (TPSA) is 4.93 Å². The number of aryl methyl sites for hydroxylation is 3. The van der Waals surface area contributed by atoms with Crippen molar-refractivity contribution in [2.45, 2.75) is 45.4 Å². The summed E-state index contributed by atoms with van der Waals surface area (Å²) >= 11 is 1.91. The number of rotatable bonds is 2. The molecular weight excluding hydrogens is 923 g/mol. The third-order valence-corrected chi connectivity index (χ3v) is 17.7. The van der Waals surface area contributed by atoms with E-state index in [1.807, 2.05) is 11.3 Å². The highest BCUT2D eigenvalue weighted by Gasteiger charge is 2.52. The molecule has 1 atom stereocenters. The van der Waals surface area contributed by atoms with E-state index in [4.69, 9.17) is 0 Å². The van der Waals surface area contributed by atoms with Crippen molar-refractivity contribution >= 4 is 53.3 Å². The fourth-order valence-electron chi connectivity index (χ4n) is 13.1. The van der Waals surface area contributed by atoms with Crippen LogP contribution in [0.15, 0.2) is 243 Å². The maximum atomic E-state index is 2.43. The number of benzene rings is 11. The Kier molecular flexibility index (Phi) is 10.4. The van der Waals surface area contributed by atoms with Gasteiger partial charge in [-0.25, -0.2) is 0 Å². The molecule has 2 heteroatoms. The summed E-state index contributed by atoms with van der Waals surface area (Å²) in [5, 5.41) is 5.37. The molecule has 1 spiro atoms. The molecule has 0 amide bonds. The Morgan fingerprint density at radius 1 is 0.333 bits per heavy atom. The maximum Gasteiger partial charge on any atom is 0.0725 e. The predicted molar refractivity (Wildman–Crippen MR) is 320 cm³/mol. The number of fused-ring (bicyclic) bond motifs is 20. The summed E-state index contributed by atoms with van der Waals surface area (Å²) in [6, 6.07) is 89.2. The molecule has 358 valence electrons. The van der Waals surface area contributed by atoms with Gasteiger partial charge in [0, 0.05) is 42.0 Å². The van der Waals surface area contributed by atoms with Crippen LogP contribution >= 0.6 is 11.3 Å². The van der Waals surface area contributed by atoms with E-state index in [2.05, 4.69) is 282 Å². The molecule has 13 aromatic rings. The molecule has 16 rings (SSSR count). The van der Waals surface area contributed by atoms with Crippen LogP contribution < -0.4 is 0 Å². The minimum Gasteiger partial charge on any atom is -0.309 e. The smallest absolute Gasteiger partial charge is 0.0725 e. The van der Waals surface area contributed by atoms with Crippen LogP contribution in [-0.2, 0) is 10.8 Å². The van der Waals surface area contributed by atoms with Crippen LogP contribution in [0.1, 0.15) is 63.9 Å². The van der Waals surface area contributed by atoms with Crippen LogP contribution in [-0.4, -0.2) is 4.57 Å². The second-order valence-electron chi connectivity index (χ2n) is 21.4. The molecule has 0 fully saturated rings. The highest BCUT2D eigenvalue weighted by molar-refractivity contribution is 7.26. The zero-order valence-corrected chi connectivity index (χ0v) is 43.8. The van der Waals surface area contributed by atoms with Gasteiger partial charge in [0.05, 0.1) is 16.4 Å². The minimum absolute atomic E-state index is 0.151. The molecule has 1 unspecified atom stereocenters. The molecule has 0 saturated heterocycles. The van der Waals surface area contributed by atoms with E-state index in [1.54, 1.807) is 0 Å². The van der Waals surface area contributed by atoms with Gasteiger partial charge >= 0.3 is 0 Å². The van der Waals surface area contributed by atoms with Crippen molar-refractivity contribution < 1.29 is 0 Å². The number of para-hydroxylation sites is 2. The fourth-order valence-corrected chi connectivity index (χ4v) is 14.2. The van der Waals surface area contributed by atoms with Crippen molar-refractivity contribution in [3.05, 3.63) is 293 Å². The van der Waals surface area contributed by atoms with Crippen molar-refractivity contribution in [2.24, 2.45) is 0 Å². The summed E-state index contributed by atoms with van der Waals surface area (Å²) < 4.78 is 5.09. The normalized spacial score (nSPS) is 14.9. The van der Waals surface area contributed by atoms with Crippen molar-refractivity contribution in [1.29, 1.82) is 0 Å². The fraction of sp³-hybridized carbons (Fsp3) is 0.0959. The first-order valence-electron chi connectivity index (χ1n) is 26.3. The van der Waals surface area contributed by atoms with Crippen LogP contribution in [0.2, 0.25) is 0 Å². The van der Waals surface area contributed by atoms with E-state index < -0.39 is 0 Å². The Balaban J connectivity index is 0.000000110. The lowest BCUT2D eigenvalue weighted by molar-refractivity contribution is 0.660. The van der Waals surface area contributed by atoms with E-state index in [0.29, 0.717) is 0 Å². The lowest BCUT2D eigenvalue weighted by atomic mass is 9.70. The average Bonchev–Trinajstić information content (AvgIpc) is 4.35. The van der Waals surface area contributed by atoms with Gasteiger partial charge in [-0.1, -0.05) is 231 Å². The summed E-state index contributed by atoms with van der Waals surface area (Å²) in [6.07, 6.45) is 0. The molecule has 2 aromatic heterocycles. The summed E-state index contributed by atoms with van der Waals surface area (Å²) in [6.45, 7) is 11.1. The molecule has 3 aliphatic carbocycles. The van der Waals surface area contributed by atoms with Gasteiger partial charge in [0.25, 0.3) is 0 Å². The largest absolute Gasteiger partial charge is 0.309 e. The van der Waals surface area contributed by atoms with E-state index in [9.17, 15) is 0 Å². The monoisotopic (exact) mass is 977 g/mol. The number of hydrogen-bond donors (Lipinski definition) is 0. The zero-order valence-electron chi connectivity index (χ0n) is 42.9. The van der Waals surface area contributed by atoms with Crippen LogP contribution in [0, 0.1) is 20.8 Å². The Morgan fingerprint density at radius 3 is 1.61 bits per heavy atom. The second-order valence-corrected chi connectivity index (χ2v) is 22.4. The van der Waals surface area contributed by atoms with Crippen molar-refractivity contribution in [2.75, 3.05) is 0 Å². The lowest BCUT2D eigenvalue weighted by Gasteiger charge is -2.30. The Hall–Kier alpha value is -8.56. The third kappa shape index (κ3) is 6.83. The van der Waals surface area contributed by atoms with Crippen LogP contribution in [0.4, 0.5) is 0 Å². The van der Waals surface area contributed by atoms with E-state index in [0.717, 1.165) is 0 Å². The SMILES string of the molecule is Cc1ccc(-c2ccc3c(c2)c2ccccc2n3-c2ccccc2)cc1.Cc1ccc2c(c1)C(C)(C)c1ccccc1-2.Cc1ccc2c(c1)C1(c3ccccc3-2)c2ccccc2-c2c1ccc1sc3ccccc3c21. The first-order chi connectivity index (χ1) is 36.7. The van der Waals surface area contributed by atoms with Gasteiger partial charge < -0.3 is 4.57 Å². The average molecular weight is 978 g/mol. The van der Waals surface area contributed by atoms with E-state index in [-0.39, 0.29) is 10.8 Å². The molecule has 0 aliphatic heterocycles. The molecule has 0 radical (unpaired) electrons. The maximum absolute atomic E-state index is 2.43. The highest BCUT2D eigenvalue weighted by Crippen LogP contribution is 2.64. The Bertz CT molecular complexity index is 4410. The predicted octanol–water partition coefficient (Wildman–Crippen LogP) is 19.8. The van der Waals surface area contributed by atoms with E-state index in [1.165, 1.54) is 142 Å². The molecule has 2 heterocycles. The summed E-state index contributed by atoms with van der Waals surface area (Å²) in [7, 11) is 0. The first kappa shape index (κ1) is 45.1. The molecule has 11 aromatic carbocycles. The molecule has 0 saturated carbocycles. The van der Waals surface area contributed by atoms with Gasteiger partial charge in [0.2, 0.25) is 0 Å². The van der Waals surface area contributed by atoms with Crippen molar-refractivity contribution in [1.82, 2.24) is 4.57 Å². The quantitative estimate of drug-likeness (QED) is 0.163. The molecule has 1 nitrogen and oxygen atoms in total. The van der Waals surface area contributed by atoms with Crippen molar-refractivity contribution in [3.8, 4) is 50.2 Å². The van der Waals surface area contributed by atoms with Crippen LogP contribution in [0.5, 0.6) is 0 Å². The lowest BCUT2D eigenvalue weighted by Crippen LogP contribution is -2.25. The molecular formula is C73H55NS. The number of thiophene rings is 1. The second kappa shape index (κ2) is 17.3. The van der Waals surface area contributed by atoms with Gasteiger partial charge in [-0.3, -0.25) is 0 Å². The van der Waals surface area contributed by atoms with Crippen LogP contribution in [0.25, 0.3) is 92.2 Å². The molecule has 3 aliphatic rings. The standard InChI is InChI=1S/C32H20S.C25H19N.C16H16/c1-19-14-15-21-20-8-2-5-11-24(20)32(27(21)18-19)25-12-6-3-9-22(25)30-26(32)16-17-29-31(30)23-10-4-7-13-28(23)33-29;1-18-11-13-19(14-12-18)20-15-16-25-23(17-20)22-9-5-6-10-24(22)26(25)21-7-3-2-4-8-21;1-11-8-9-13-12-6-4-5-7-14(12)16(2,3)15(13)10-11/h2-18H,1H3;2-17H,1H3;4-10H,1-3H3. The van der Waals surface area contributed by atoms with Gasteiger partial charge in [-0.2, -0.15) is 0 Å². The highest BCUT2D eigenvalue weighted by atomic mass is 32.1. The van der Waals surface area contributed by atoms with Gasteiger partial charge in [0.15, 0.2) is 0 Å².